The van der Waals surface area contributed by atoms with Crippen LogP contribution in [0.2, 0.25) is 5.02 Å². The van der Waals surface area contributed by atoms with Crippen LogP contribution in [0, 0.1) is 11.6 Å². The fourth-order valence-corrected chi connectivity index (χ4v) is 7.40. The Morgan fingerprint density at radius 3 is 2.13 bits per heavy atom. The van der Waals surface area contributed by atoms with Gasteiger partial charge in [0.15, 0.2) is 0 Å². The van der Waals surface area contributed by atoms with Crippen LogP contribution < -0.4 is 9.62 Å². The lowest BCUT2D eigenvalue weighted by atomic mass is 9.94. The third-order valence-electron chi connectivity index (χ3n) is 8.32. The molecule has 47 heavy (non-hydrogen) atoms. The molecule has 4 aromatic rings. The fourth-order valence-electron chi connectivity index (χ4n) is 5.80. The van der Waals surface area contributed by atoms with E-state index in [1.165, 1.54) is 41.3 Å². The number of amides is 2. The highest BCUT2D eigenvalue weighted by Crippen LogP contribution is 2.29. The van der Waals surface area contributed by atoms with Gasteiger partial charge in [-0.05, 0) is 54.8 Å². The van der Waals surface area contributed by atoms with Crippen molar-refractivity contribution in [3.63, 3.8) is 0 Å². The summed E-state index contributed by atoms with van der Waals surface area (Å²) in [4.78, 5) is 29.7. The van der Waals surface area contributed by atoms with Gasteiger partial charge in [0.25, 0.3) is 10.0 Å². The highest BCUT2D eigenvalue weighted by Gasteiger charge is 2.36. The lowest BCUT2D eigenvalue weighted by molar-refractivity contribution is -0.140. The molecule has 11 heteroatoms. The number of hydrogen-bond donors (Lipinski definition) is 1. The second kappa shape index (κ2) is 15.5. The average molecular weight is 680 g/mol. The summed E-state index contributed by atoms with van der Waals surface area (Å²) in [5, 5.41) is 2.78. The van der Waals surface area contributed by atoms with Gasteiger partial charge in [-0.1, -0.05) is 97.6 Å². The van der Waals surface area contributed by atoms with Crippen molar-refractivity contribution >= 4 is 39.1 Å². The Balaban J connectivity index is 1.58. The molecule has 1 saturated carbocycles. The van der Waals surface area contributed by atoms with Gasteiger partial charge in [-0.2, -0.15) is 0 Å². The van der Waals surface area contributed by atoms with Gasteiger partial charge in [0.05, 0.1) is 15.6 Å². The van der Waals surface area contributed by atoms with Crippen molar-refractivity contribution in [2.45, 2.75) is 62.0 Å². The molecule has 0 heterocycles. The van der Waals surface area contributed by atoms with E-state index in [0.29, 0.717) is 0 Å². The molecule has 4 aromatic carbocycles. The first-order valence-corrected chi connectivity index (χ1v) is 17.4. The molecule has 1 fully saturated rings. The first kappa shape index (κ1) is 34.1. The third-order valence-corrected chi connectivity index (χ3v) is 10.4. The van der Waals surface area contributed by atoms with Gasteiger partial charge in [-0.25, -0.2) is 17.2 Å². The number of nitrogens with zero attached hydrogens (tertiary/aromatic N) is 2. The van der Waals surface area contributed by atoms with Gasteiger partial charge in [0, 0.05) is 24.6 Å². The molecule has 0 spiro atoms. The highest BCUT2D eigenvalue weighted by atomic mass is 35.5. The molecule has 1 aliphatic rings. The van der Waals surface area contributed by atoms with Crippen LogP contribution in [-0.2, 0) is 32.6 Å². The van der Waals surface area contributed by atoms with E-state index in [2.05, 4.69) is 5.32 Å². The monoisotopic (exact) mass is 679 g/mol. The minimum Gasteiger partial charge on any atom is -0.352 e. The molecule has 1 N–H and O–H groups in total. The van der Waals surface area contributed by atoms with Gasteiger partial charge >= 0.3 is 0 Å². The van der Waals surface area contributed by atoms with Gasteiger partial charge < -0.3 is 10.2 Å². The number of anilines is 1. The Hall–Kier alpha value is -4.28. The van der Waals surface area contributed by atoms with E-state index in [0.717, 1.165) is 54.1 Å². The van der Waals surface area contributed by atoms with E-state index in [1.54, 1.807) is 24.3 Å². The Morgan fingerprint density at radius 1 is 0.830 bits per heavy atom. The Labute approximate surface area is 279 Å². The molecule has 0 saturated heterocycles. The molecule has 0 aliphatic heterocycles. The number of carbonyl (C=O) groups excluding carboxylic acids is 2. The normalized spacial score (nSPS) is 14.3. The van der Waals surface area contributed by atoms with E-state index >= 15 is 4.39 Å². The summed E-state index contributed by atoms with van der Waals surface area (Å²) in [6.45, 7) is -1.07. The first-order chi connectivity index (χ1) is 22.6. The van der Waals surface area contributed by atoms with Crippen molar-refractivity contribution in [3.8, 4) is 0 Å². The number of rotatable bonds is 12. The van der Waals surface area contributed by atoms with E-state index in [1.807, 2.05) is 30.3 Å². The van der Waals surface area contributed by atoms with Crippen LogP contribution in [0.5, 0.6) is 0 Å². The summed E-state index contributed by atoms with van der Waals surface area (Å²) in [6, 6.07) is 24.8. The Bertz CT molecular complexity index is 1790. The minimum atomic E-state index is -4.39. The zero-order valence-corrected chi connectivity index (χ0v) is 27.3. The second-order valence-electron chi connectivity index (χ2n) is 11.6. The van der Waals surface area contributed by atoms with Crippen molar-refractivity contribution in [3.05, 3.63) is 131 Å². The summed E-state index contributed by atoms with van der Waals surface area (Å²) in [5.41, 5.74) is 0.874. The minimum absolute atomic E-state index is 0.0503. The summed E-state index contributed by atoms with van der Waals surface area (Å²) >= 11 is 6.07. The van der Waals surface area contributed by atoms with Crippen molar-refractivity contribution in [2.24, 2.45) is 0 Å². The number of nitrogens with one attached hydrogen (secondary N) is 1. The van der Waals surface area contributed by atoms with Crippen LogP contribution in [0.4, 0.5) is 14.5 Å². The van der Waals surface area contributed by atoms with Crippen molar-refractivity contribution in [1.29, 1.82) is 0 Å². The molecule has 0 unspecified atom stereocenters. The van der Waals surface area contributed by atoms with E-state index in [9.17, 15) is 22.4 Å². The molecule has 0 bridgehead atoms. The highest BCUT2D eigenvalue weighted by molar-refractivity contribution is 7.92. The molecule has 5 rings (SSSR count). The van der Waals surface area contributed by atoms with E-state index < -0.39 is 46.1 Å². The van der Waals surface area contributed by atoms with Crippen molar-refractivity contribution in [1.82, 2.24) is 10.2 Å². The molecule has 7 nitrogen and oxygen atoms in total. The zero-order valence-electron chi connectivity index (χ0n) is 25.7. The third kappa shape index (κ3) is 8.55. The van der Waals surface area contributed by atoms with Crippen molar-refractivity contribution < 1.29 is 26.8 Å². The van der Waals surface area contributed by atoms with Crippen LogP contribution in [0.1, 0.15) is 43.2 Å². The number of halogens is 3. The zero-order chi connectivity index (χ0) is 33.4. The quantitative estimate of drug-likeness (QED) is 0.177. The van der Waals surface area contributed by atoms with Crippen LogP contribution in [0.15, 0.2) is 108 Å². The largest absolute Gasteiger partial charge is 0.352 e. The Morgan fingerprint density at radius 2 is 1.47 bits per heavy atom. The number of hydrogen-bond acceptors (Lipinski definition) is 4. The molecular weight excluding hydrogens is 644 g/mol. The number of benzene rings is 4. The summed E-state index contributed by atoms with van der Waals surface area (Å²) in [6.07, 6.45) is 4.74. The van der Waals surface area contributed by atoms with Gasteiger partial charge in [-0.3, -0.25) is 13.9 Å². The maximum absolute atomic E-state index is 15.1. The van der Waals surface area contributed by atoms with Crippen molar-refractivity contribution in [2.75, 3.05) is 10.8 Å². The molecule has 1 atom stereocenters. The van der Waals surface area contributed by atoms with E-state index in [-0.39, 0.29) is 40.2 Å². The van der Waals surface area contributed by atoms with Crippen LogP contribution in [0.25, 0.3) is 0 Å². The average Bonchev–Trinajstić information content (AvgIpc) is 3.08. The Kier molecular flexibility index (Phi) is 11.3. The molecule has 1 aliphatic carbocycles. The topological polar surface area (TPSA) is 86.8 Å². The van der Waals surface area contributed by atoms with Gasteiger partial charge in [0.2, 0.25) is 11.8 Å². The summed E-state index contributed by atoms with van der Waals surface area (Å²) in [5.74, 6) is -2.50. The van der Waals surface area contributed by atoms with Gasteiger partial charge in [-0.15, -0.1) is 0 Å². The smallest absolute Gasteiger partial charge is 0.264 e. The molecule has 2 amide bonds. The molecule has 0 radical (unpaired) electrons. The number of sulfonamides is 1. The second-order valence-corrected chi connectivity index (χ2v) is 13.9. The number of carbonyl (C=O) groups is 2. The van der Waals surface area contributed by atoms with Crippen LogP contribution >= 0.6 is 11.6 Å². The van der Waals surface area contributed by atoms with E-state index in [4.69, 9.17) is 11.6 Å². The maximum atomic E-state index is 15.1. The van der Waals surface area contributed by atoms with Gasteiger partial charge in [0.1, 0.15) is 24.2 Å². The molecular formula is C36H36ClF2N3O4S. The predicted molar refractivity (Wildman–Crippen MR) is 178 cm³/mol. The first-order valence-electron chi connectivity index (χ1n) is 15.5. The maximum Gasteiger partial charge on any atom is 0.264 e. The van der Waals surface area contributed by atoms with Crippen LogP contribution in [-0.4, -0.2) is 43.8 Å². The molecule has 246 valence electrons. The summed E-state index contributed by atoms with van der Waals surface area (Å²) < 4.78 is 58.2. The van der Waals surface area contributed by atoms with Crippen LogP contribution in [0.3, 0.4) is 0 Å². The SMILES string of the molecule is O=C(NC1CCCCC1)[C@@H](Cc1ccccc1)N(Cc1ccccc1F)C(=O)CN(c1ccc(F)c(Cl)c1)S(=O)(=O)c1ccccc1. The summed E-state index contributed by atoms with van der Waals surface area (Å²) in [7, 11) is -4.39. The fraction of sp³-hybridized carbons (Fsp3) is 0.278. The lowest BCUT2D eigenvalue weighted by Gasteiger charge is -2.35. The standard InChI is InChI=1S/C36H36ClF2N3O4S/c37-31-23-29(20-21-33(31)39)42(47(45,46)30-17-8-3-9-18-30)25-35(43)41(24-27-14-10-11-19-32(27)38)34(22-26-12-4-1-5-13-26)36(44)40-28-15-6-2-7-16-28/h1,3-5,8-14,17-21,23,28,34H,2,6-7,15-16,22,24-25H2,(H,40,44)/t34-/m1/s1. The predicted octanol–water partition coefficient (Wildman–Crippen LogP) is 6.90. The molecule has 0 aromatic heterocycles. The lowest BCUT2D eigenvalue weighted by Crippen LogP contribution is -2.55.